The number of ether oxygens (including phenoxy) is 1. The first-order valence-electron chi connectivity index (χ1n) is 9.31. The van der Waals surface area contributed by atoms with Crippen molar-refractivity contribution in [3.05, 3.63) is 53.9 Å². The number of aryl methyl sites for hydroxylation is 1. The third kappa shape index (κ3) is 3.47. The predicted molar refractivity (Wildman–Crippen MR) is 98.9 cm³/mol. The molecular weight excluding hydrogens is 344 g/mol. The van der Waals surface area contributed by atoms with E-state index >= 15 is 0 Å². The first-order chi connectivity index (χ1) is 13.1. The molecule has 2 aliphatic heterocycles. The maximum Gasteiger partial charge on any atom is 0.257 e. The van der Waals surface area contributed by atoms with E-state index in [2.05, 4.69) is 22.5 Å². The van der Waals surface area contributed by atoms with Gasteiger partial charge in [0.2, 0.25) is 5.91 Å². The van der Waals surface area contributed by atoms with E-state index in [1.165, 1.54) is 0 Å². The minimum Gasteiger partial charge on any atom is -0.381 e. The van der Waals surface area contributed by atoms with E-state index in [0.717, 1.165) is 18.4 Å². The summed E-state index contributed by atoms with van der Waals surface area (Å²) in [5.41, 5.74) is 1.29. The molecule has 1 N–H and O–H groups in total. The number of amides is 2. The van der Waals surface area contributed by atoms with Crippen molar-refractivity contribution in [2.75, 3.05) is 26.3 Å². The zero-order valence-electron chi connectivity index (χ0n) is 15.4. The first kappa shape index (κ1) is 17.7. The number of carbonyl (C=O) groups excluding carboxylic acids is 2. The minimum atomic E-state index is -0.385. The van der Waals surface area contributed by atoms with Crippen LogP contribution in [0.2, 0.25) is 0 Å². The van der Waals surface area contributed by atoms with Gasteiger partial charge in [-0.15, -0.1) is 0 Å². The number of benzene rings is 1. The van der Waals surface area contributed by atoms with Crippen LogP contribution < -0.4 is 5.32 Å². The standard InChI is InChI=1S/C20H24N4O3/c1-23-12-15(11-21-23)19(26)24-13-16(14-24)18(25)22-20(7-9-27-10-8-20)17-5-3-2-4-6-17/h2-6,11-12,16H,7-10,13-14H2,1H3,(H,22,25). The molecule has 3 heterocycles. The Hall–Kier alpha value is -2.67. The van der Waals surface area contributed by atoms with Crippen LogP contribution in [0.5, 0.6) is 0 Å². The number of carbonyl (C=O) groups is 2. The molecule has 2 saturated heterocycles. The summed E-state index contributed by atoms with van der Waals surface area (Å²) in [6.45, 7) is 2.15. The van der Waals surface area contributed by atoms with Crippen molar-refractivity contribution < 1.29 is 14.3 Å². The average Bonchev–Trinajstić information content (AvgIpc) is 3.08. The summed E-state index contributed by atoms with van der Waals surface area (Å²) in [5.74, 6) is -0.235. The van der Waals surface area contributed by atoms with Gasteiger partial charge in [0.25, 0.3) is 5.91 Å². The maximum atomic E-state index is 12.9. The number of likely N-dealkylation sites (tertiary alicyclic amines) is 1. The fraction of sp³-hybridized carbons (Fsp3) is 0.450. The second kappa shape index (κ2) is 7.15. The normalized spacial score (nSPS) is 19.4. The summed E-state index contributed by atoms with van der Waals surface area (Å²) in [7, 11) is 1.78. The summed E-state index contributed by atoms with van der Waals surface area (Å²) in [6, 6.07) is 10.1. The summed E-state index contributed by atoms with van der Waals surface area (Å²) >= 11 is 0. The molecule has 4 rings (SSSR count). The van der Waals surface area contributed by atoms with Crippen LogP contribution in [0.15, 0.2) is 42.7 Å². The zero-order chi connectivity index (χ0) is 18.9. The van der Waals surface area contributed by atoms with Crippen LogP contribution in [0.25, 0.3) is 0 Å². The molecule has 2 aromatic rings. The van der Waals surface area contributed by atoms with Crippen molar-refractivity contribution in [3.8, 4) is 0 Å². The van der Waals surface area contributed by atoms with Crippen LogP contribution >= 0.6 is 0 Å². The molecule has 0 atom stereocenters. The van der Waals surface area contributed by atoms with Gasteiger partial charge in [0.1, 0.15) is 0 Å². The highest BCUT2D eigenvalue weighted by atomic mass is 16.5. The molecule has 0 unspecified atom stereocenters. The number of nitrogens with zero attached hydrogens (tertiary/aromatic N) is 3. The molecule has 1 aromatic heterocycles. The summed E-state index contributed by atoms with van der Waals surface area (Å²) in [4.78, 5) is 27.0. The van der Waals surface area contributed by atoms with E-state index in [4.69, 9.17) is 4.74 Å². The maximum absolute atomic E-state index is 12.9. The van der Waals surface area contributed by atoms with Gasteiger partial charge < -0.3 is 15.0 Å². The lowest BCUT2D eigenvalue weighted by atomic mass is 9.81. The van der Waals surface area contributed by atoms with Crippen molar-refractivity contribution in [2.24, 2.45) is 13.0 Å². The van der Waals surface area contributed by atoms with Gasteiger partial charge in [-0.25, -0.2) is 0 Å². The van der Waals surface area contributed by atoms with Crippen molar-refractivity contribution in [1.29, 1.82) is 0 Å². The van der Waals surface area contributed by atoms with Gasteiger partial charge in [-0.2, -0.15) is 5.10 Å². The van der Waals surface area contributed by atoms with Crippen molar-refractivity contribution in [3.63, 3.8) is 0 Å². The van der Waals surface area contributed by atoms with E-state index < -0.39 is 0 Å². The van der Waals surface area contributed by atoms with Crippen LogP contribution in [0, 0.1) is 5.92 Å². The largest absolute Gasteiger partial charge is 0.381 e. The molecule has 2 amide bonds. The van der Waals surface area contributed by atoms with E-state index in [-0.39, 0.29) is 23.3 Å². The highest BCUT2D eigenvalue weighted by Crippen LogP contribution is 2.33. The highest BCUT2D eigenvalue weighted by Gasteiger charge is 2.41. The van der Waals surface area contributed by atoms with E-state index in [1.54, 1.807) is 29.0 Å². The smallest absolute Gasteiger partial charge is 0.257 e. The second-order valence-corrected chi connectivity index (χ2v) is 7.36. The van der Waals surface area contributed by atoms with Gasteiger partial charge in [-0.3, -0.25) is 14.3 Å². The lowest BCUT2D eigenvalue weighted by Crippen LogP contribution is -2.59. The van der Waals surface area contributed by atoms with E-state index in [1.807, 2.05) is 18.2 Å². The molecule has 2 fully saturated rings. The van der Waals surface area contributed by atoms with Gasteiger partial charge in [0.15, 0.2) is 0 Å². The third-order valence-corrected chi connectivity index (χ3v) is 5.53. The molecule has 2 aliphatic rings. The number of hydrogen-bond donors (Lipinski definition) is 1. The first-order valence-corrected chi connectivity index (χ1v) is 9.31. The molecule has 0 bridgehead atoms. The highest BCUT2D eigenvalue weighted by molar-refractivity contribution is 5.95. The Balaban J connectivity index is 1.40. The van der Waals surface area contributed by atoms with Gasteiger partial charge in [-0.1, -0.05) is 30.3 Å². The Kier molecular flexibility index (Phi) is 4.70. The Bertz CT molecular complexity index is 821. The Labute approximate surface area is 158 Å². The second-order valence-electron chi connectivity index (χ2n) is 7.36. The summed E-state index contributed by atoms with van der Waals surface area (Å²) in [6.07, 6.45) is 4.77. The Morgan fingerprint density at radius 1 is 1.19 bits per heavy atom. The lowest BCUT2D eigenvalue weighted by Gasteiger charge is -2.43. The number of hydrogen-bond acceptors (Lipinski definition) is 4. The zero-order valence-corrected chi connectivity index (χ0v) is 15.4. The van der Waals surface area contributed by atoms with Gasteiger partial charge in [0.05, 0.1) is 23.2 Å². The fourth-order valence-electron chi connectivity index (χ4n) is 3.83. The molecule has 0 spiro atoms. The SMILES string of the molecule is Cn1cc(C(=O)N2CC(C(=O)NC3(c4ccccc4)CCOCC3)C2)cn1. The molecule has 27 heavy (non-hydrogen) atoms. The van der Waals surface area contributed by atoms with Crippen molar-refractivity contribution in [2.45, 2.75) is 18.4 Å². The molecule has 0 radical (unpaired) electrons. The van der Waals surface area contributed by atoms with Gasteiger partial charge in [-0.05, 0) is 18.4 Å². The van der Waals surface area contributed by atoms with Gasteiger partial charge in [0, 0.05) is 39.5 Å². The van der Waals surface area contributed by atoms with Crippen LogP contribution in [0.1, 0.15) is 28.8 Å². The van der Waals surface area contributed by atoms with Crippen LogP contribution in [-0.4, -0.2) is 52.8 Å². The molecule has 142 valence electrons. The molecule has 7 nitrogen and oxygen atoms in total. The van der Waals surface area contributed by atoms with Crippen molar-refractivity contribution >= 4 is 11.8 Å². The topological polar surface area (TPSA) is 76.5 Å². The number of nitrogens with one attached hydrogen (secondary N) is 1. The molecule has 1 aromatic carbocycles. The molecule has 0 saturated carbocycles. The number of rotatable bonds is 4. The molecule has 0 aliphatic carbocycles. The van der Waals surface area contributed by atoms with Crippen LogP contribution in [-0.2, 0) is 22.1 Å². The third-order valence-electron chi connectivity index (χ3n) is 5.53. The quantitative estimate of drug-likeness (QED) is 0.883. The average molecular weight is 368 g/mol. The fourth-order valence-corrected chi connectivity index (χ4v) is 3.83. The predicted octanol–water partition coefficient (Wildman–Crippen LogP) is 1.31. The Morgan fingerprint density at radius 2 is 1.89 bits per heavy atom. The van der Waals surface area contributed by atoms with E-state index in [0.29, 0.717) is 31.9 Å². The van der Waals surface area contributed by atoms with Crippen LogP contribution in [0.3, 0.4) is 0 Å². The van der Waals surface area contributed by atoms with E-state index in [9.17, 15) is 9.59 Å². The number of aromatic nitrogens is 2. The monoisotopic (exact) mass is 368 g/mol. The summed E-state index contributed by atoms with van der Waals surface area (Å²) < 4.78 is 7.12. The molecular formula is C20H24N4O3. The van der Waals surface area contributed by atoms with Crippen LogP contribution in [0.4, 0.5) is 0 Å². The summed E-state index contributed by atoms with van der Waals surface area (Å²) in [5, 5.41) is 7.31. The van der Waals surface area contributed by atoms with Crippen molar-refractivity contribution in [1.82, 2.24) is 20.0 Å². The van der Waals surface area contributed by atoms with Gasteiger partial charge >= 0.3 is 0 Å². The minimum absolute atomic E-state index is 0.0102. The Morgan fingerprint density at radius 3 is 2.52 bits per heavy atom. The molecule has 7 heteroatoms. The lowest BCUT2D eigenvalue weighted by molar-refractivity contribution is -0.132.